The maximum atomic E-state index is 7.10. The van der Waals surface area contributed by atoms with Crippen molar-refractivity contribution in [2.24, 2.45) is 5.73 Å². The average Bonchev–Trinajstić information content (AvgIpc) is 2.66. The van der Waals surface area contributed by atoms with Gasteiger partial charge in [-0.3, -0.25) is 5.41 Å². The van der Waals surface area contributed by atoms with Crippen molar-refractivity contribution in [1.29, 1.82) is 5.41 Å². The van der Waals surface area contributed by atoms with Crippen molar-refractivity contribution in [3.05, 3.63) is 34.7 Å². The van der Waals surface area contributed by atoms with E-state index >= 15 is 0 Å². The monoisotopic (exact) mass is 252 g/mol. The highest BCUT2D eigenvalue weighted by Gasteiger charge is 2.07. The van der Waals surface area contributed by atoms with Gasteiger partial charge in [0.2, 0.25) is 0 Å². The summed E-state index contributed by atoms with van der Waals surface area (Å²) >= 11 is 7.43. The number of hydrogen-bond donors (Lipinski definition) is 3. The Kier molecular flexibility index (Phi) is 3.07. The molecule has 0 aliphatic heterocycles. The number of hydrogen-bond acceptors (Lipinski definition) is 3. The zero-order valence-electron chi connectivity index (χ0n) is 8.20. The summed E-state index contributed by atoms with van der Waals surface area (Å²) in [5, 5.41) is 12.8. The Hall–Kier alpha value is -1.59. The molecule has 2 aromatic rings. The summed E-state index contributed by atoms with van der Waals surface area (Å²) in [6.45, 7) is 0. The largest absolute Gasteiger partial charge is 0.370 e. The second-order valence-corrected chi connectivity index (χ2v) is 4.32. The number of nitrogens with two attached hydrogens (primary N) is 1. The molecule has 0 unspecified atom stereocenters. The molecule has 0 fully saturated rings. The maximum Gasteiger partial charge on any atom is 0.192 e. The van der Waals surface area contributed by atoms with Crippen molar-refractivity contribution in [3.63, 3.8) is 0 Å². The minimum atomic E-state index is -0.125. The van der Waals surface area contributed by atoms with E-state index in [2.05, 4.69) is 10.3 Å². The maximum absolute atomic E-state index is 7.10. The fourth-order valence-corrected chi connectivity index (χ4v) is 2.19. The molecule has 0 saturated carbocycles. The van der Waals surface area contributed by atoms with Gasteiger partial charge in [0.1, 0.15) is 0 Å². The molecule has 1 aromatic carbocycles. The van der Waals surface area contributed by atoms with Crippen LogP contribution in [0.1, 0.15) is 0 Å². The second-order valence-electron chi connectivity index (χ2n) is 3.06. The fraction of sp³-hybridized carbons (Fsp3) is 0. The molecule has 0 bridgehead atoms. The van der Waals surface area contributed by atoms with Crippen LogP contribution in [0.5, 0.6) is 0 Å². The molecule has 0 aliphatic rings. The zero-order chi connectivity index (χ0) is 11.5. The van der Waals surface area contributed by atoms with Crippen LogP contribution in [-0.4, -0.2) is 10.9 Å². The van der Waals surface area contributed by atoms with Gasteiger partial charge in [0.05, 0.1) is 5.69 Å². The van der Waals surface area contributed by atoms with Gasteiger partial charge in [-0.15, -0.1) is 11.3 Å². The first kappa shape index (κ1) is 10.9. The topological polar surface area (TPSA) is 74.8 Å². The Morgan fingerprint density at radius 3 is 2.88 bits per heavy atom. The number of halogens is 1. The first-order chi connectivity index (χ1) is 7.66. The Balaban J connectivity index is 2.32. The lowest BCUT2D eigenvalue weighted by molar-refractivity contribution is 1.36. The van der Waals surface area contributed by atoms with Gasteiger partial charge in [0.15, 0.2) is 11.1 Å². The van der Waals surface area contributed by atoms with Crippen molar-refractivity contribution in [2.75, 3.05) is 5.32 Å². The third-order valence-corrected chi connectivity index (χ3v) is 2.98. The van der Waals surface area contributed by atoms with Crippen LogP contribution < -0.4 is 11.1 Å². The van der Waals surface area contributed by atoms with Crippen LogP contribution in [-0.2, 0) is 0 Å². The lowest BCUT2D eigenvalue weighted by Gasteiger charge is -1.99. The van der Waals surface area contributed by atoms with E-state index in [-0.39, 0.29) is 5.96 Å². The molecule has 4 N–H and O–H groups in total. The van der Waals surface area contributed by atoms with Crippen LogP contribution in [0.2, 0.25) is 5.02 Å². The Morgan fingerprint density at radius 2 is 2.19 bits per heavy atom. The van der Waals surface area contributed by atoms with Crippen molar-refractivity contribution in [3.8, 4) is 11.3 Å². The highest BCUT2D eigenvalue weighted by Crippen LogP contribution is 2.29. The summed E-state index contributed by atoms with van der Waals surface area (Å²) in [4.78, 5) is 4.28. The smallest absolute Gasteiger partial charge is 0.192 e. The Bertz CT molecular complexity index is 523. The van der Waals surface area contributed by atoms with E-state index in [1.54, 1.807) is 0 Å². The van der Waals surface area contributed by atoms with Gasteiger partial charge in [-0.25, -0.2) is 4.98 Å². The van der Waals surface area contributed by atoms with Crippen molar-refractivity contribution in [2.45, 2.75) is 0 Å². The van der Waals surface area contributed by atoms with Crippen molar-refractivity contribution in [1.82, 2.24) is 4.98 Å². The molecule has 0 radical (unpaired) electrons. The summed E-state index contributed by atoms with van der Waals surface area (Å²) in [5.74, 6) is -0.125. The van der Waals surface area contributed by atoms with E-state index in [1.165, 1.54) is 11.3 Å². The average molecular weight is 253 g/mol. The van der Waals surface area contributed by atoms with Crippen LogP contribution in [0.15, 0.2) is 29.6 Å². The molecule has 0 amide bonds. The third kappa shape index (κ3) is 2.32. The van der Waals surface area contributed by atoms with Crippen LogP contribution >= 0.6 is 22.9 Å². The first-order valence-corrected chi connectivity index (χ1v) is 5.74. The molecule has 16 heavy (non-hydrogen) atoms. The van der Waals surface area contributed by atoms with Crippen LogP contribution in [0, 0.1) is 5.41 Å². The van der Waals surface area contributed by atoms with Crippen LogP contribution in [0.4, 0.5) is 5.13 Å². The predicted octanol–water partition coefficient (Wildman–Crippen LogP) is 2.77. The Morgan fingerprint density at radius 1 is 1.44 bits per heavy atom. The summed E-state index contributed by atoms with van der Waals surface area (Å²) < 4.78 is 0. The number of nitrogens with zero attached hydrogens (tertiary/aromatic N) is 1. The van der Waals surface area contributed by atoms with E-state index in [1.807, 2.05) is 29.6 Å². The molecule has 0 atom stereocenters. The molecule has 0 spiro atoms. The van der Waals surface area contributed by atoms with Gasteiger partial charge in [0.25, 0.3) is 0 Å². The summed E-state index contributed by atoms with van der Waals surface area (Å²) in [6, 6.07) is 7.48. The van der Waals surface area contributed by atoms with E-state index in [9.17, 15) is 0 Å². The summed E-state index contributed by atoms with van der Waals surface area (Å²) in [5.41, 5.74) is 6.86. The molecule has 6 heteroatoms. The van der Waals surface area contributed by atoms with Gasteiger partial charge >= 0.3 is 0 Å². The molecule has 4 nitrogen and oxygen atoms in total. The molecular formula is C10H9ClN4S. The van der Waals surface area contributed by atoms with Gasteiger partial charge < -0.3 is 11.1 Å². The standard InChI is InChI=1S/C10H9ClN4S/c11-7-4-2-1-3-6(7)8-5-16-10(14-8)15-9(12)13/h1-5H,(H4,12,13,14,15). The number of guanidine groups is 1. The summed E-state index contributed by atoms with van der Waals surface area (Å²) in [6.07, 6.45) is 0. The normalized spacial score (nSPS) is 10.1. The van der Waals surface area contributed by atoms with Crippen molar-refractivity contribution >= 4 is 34.0 Å². The number of aromatic nitrogens is 1. The second kappa shape index (κ2) is 4.51. The van der Waals surface area contributed by atoms with Crippen molar-refractivity contribution < 1.29 is 0 Å². The summed E-state index contributed by atoms with van der Waals surface area (Å²) in [7, 11) is 0. The third-order valence-electron chi connectivity index (χ3n) is 1.90. The van der Waals surface area contributed by atoms with Gasteiger partial charge in [0, 0.05) is 16.0 Å². The van der Waals surface area contributed by atoms with E-state index in [4.69, 9.17) is 22.7 Å². The quantitative estimate of drug-likeness (QED) is 0.568. The van der Waals surface area contributed by atoms with E-state index in [0.717, 1.165) is 11.3 Å². The number of anilines is 1. The SMILES string of the molecule is N=C(N)Nc1nc(-c2ccccc2Cl)cs1. The number of benzene rings is 1. The van der Waals surface area contributed by atoms with E-state index in [0.29, 0.717) is 10.2 Å². The molecule has 0 aliphatic carbocycles. The Labute approximate surface area is 102 Å². The molecule has 82 valence electrons. The molecule has 1 heterocycles. The highest BCUT2D eigenvalue weighted by atomic mass is 35.5. The lowest BCUT2D eigenvalue weighted by Crippen LogP contribution is -2.20. The lowest BCUT2D eigenvalue weighted by atomic mass is 10.2. The zero-order valence-corrected chi connectivity index (χ0v) is 9.77. The minimum absolute atomic E-state index is 0.125. The minimum Gasteiger partial charge on any atom is -0.370 e. The van der Waals surface area contributed by atoms with Gasteiger partial charge in [-0.05, 0) is 6.07 Å². The molecule has 2 rings (SSSR count). The fourth-order valence-electron chi connectivity index (χ4n) is 1.24. The highest BCUT2D eigenvalue weighted by molar-refractivity contribution is 7.14. The van der Waals surface area contributed by atoms with Crippen LogP contribution in [0.25, 0.3) is 11.3 Å². The number of nitrogens with one attached hydrogen (secondary N) is 2. The van der Waals surface area contributed by atoms with Crippen LogP contribution in [0.3, 0.4) is 0 Å². The predicted molar refractivity (Wildman–Crippen MR) is 68.1 cm³/mol. The molecule has 1 aromatic heterocycles. The van der Waals surface area contributed by atoms with Gasteiger partial charge in [-0.2, -0.15) is 0 Å². The number of thiazole rings is 1. The first-order valence-electron chi connectivity index (χ1n) is 4.48. The number of rotatable bonds is 2. The molecule has 0 saturated heterocycles. The van der Waals surface area contributed by atoms with Gasteiger partial charge in [-0.1, -0.05) is 29.8 Å². The molecular weight excluding hydrogens is 244 g/mol. The van der Waals surface area contributed by atoms with E-state index < -0.39 is 0 Å².